The standard InChI is InChI=1S/C22H22N4O3/c1-14-19(20-23-10-7-11-26(20)24-14)21(28)29-13-15(27)12-18-22(2,3)16-8-5-6-9-17(16)25(18)4/h5-12H,13H2,1-4H3/b18-12+. The molecule has 0 fully saturated rings. The first-order chi connectivity index (χ1) is 13.8. The largest absolute Gasteiger partial charge is 0.454 e. The van der Waals surface area contributed by atoms with Gasteiger partial charge >= 0.3 is 5.97 Å². The smallest absolute Gasteiger partial charge is 0.344 e. The number of hydrogen-bond donors (Lipinski definition) is 0. The Hall–Kier alpha value is -3.48. The molecule has 1 aromatic carbocycles. The zero-order valence-corrected chi connectivity index (χ0v) is 16.8. The summed E-state index contributed by atoms with van der Waals surface area (Å²) in [5, 5.41) is 4.25. The van der Waals surface area contributed by atoms with Gasteiger partial charge in [0.05, 0.1) is 5.69 Å². The van der Waals surface area contributed by atoms with Crippen LogP contribution in [-0.4, -0.2) is 40.0 Å². The molecule has 0 N–H and O–H groups in total. The number of ether oxygens (including phenoxy) is 1. The molecule has 0 spiro atoms. The van der Waals surface area contributed by atoms with E-state index in [-0.39, 0.29) is 23.4 Å². The molecule has 3 heterocycles. The van der Waals surface area contributed by atoms with Crippen LogP contribution in [0.15, 0.2) is 54.5 Å². The first-order valence-corrected chi connectivity index (χ1v) is 9.36. The Labute approximate surface area is 168 Å². The average Bonchev–Trinajstić information content (AvgIpc) is 3.13. The van der Waals surface area contributed by atoms with Crippen molar-refractivity contribution in [2.45, 2.75) is 26.2 Å². The van der Waals surface area contributed by atoms with E-state index in [1.54, 1.807) is 31.5 Å². The van der Waals surface area contributed by atoms with Crippen molar-refractivity contribution >= 4 is 23.1 Å². The summed E-state index contributed by atoms with van der Waals surface area (Å²) >= 11 is 0. The van der Waals surface area contributed by atoms with E-state index in [2.05, 4.69) is 30.0 Å². The molecule has 7 heteroatoms. The number of fused-ring (bicyclic) bond motifs is 2. The summed E-state index contributed by atoms with van der Waals surface area (Å²) in [5.41, 5.74) is 3.98. The number of para-hydroxylation sites is 1. The van der Waals surface area contributed by atoms with Crippen LogP contribution < -0.4 is 4.90 Å². The van der Waals surface area contributed by atoms with Gasteiger partial charge in [-0.1, -0.05) is 32.0 Å². The van der Waals surface area contributed by atoms with Crippen molar-refractivity contribution in [1.82, 2.24) is 14.6 Å². The first kappa shape index (κ1) is 18.9. The number of aromatic nitrogens is 3. The Bertz CT molecular complexity index is 1160. The number of allylic oxidation sites excluding steroid dienone is 1. The van der Waals surface area contributed by atoms with Gasteiger partial charge in [0.15, 0.2) is 18.0 Å². The summed E-state index contributed by atoms with van der Waals surface area (Å²) in [6, 6.07) is 9.79. The van der Waals surface area contributed by atoms with Crippen LogP contribution in [0.3, 0.4) is 0 Å². The molecular weight excluding hydrogens is 368 g/mol. The predicted octanol–water partition coefficient (Wildman–Crippen LogP) is 3.08. The van der Waals surface area contributed by atoms with E-state index in [0.717, 1.165) is 16.9 Å². The van der Waals surface area contributed by atoms with Crippen molar-refractivity contribution in [3.63, 3.8) is 0 Å². The molecule has 2 aromatic heterocycles. The second-order valence-corrected chi connectivity index (χ2v) is 7.62. The van der Waals surface area contributed by atoms with Crippen molar-refractivity contribution in [2.24, 2.45) is 0 Å². The van der Waals surface area contributed by atoms with Gasteiger partial charge in [0.25, 0.3) is 0 Å². The van der Waals surface area contributed by atoms with Crippen LogP contribution in [-0.2, 0) is 14.9 Å². The van der Waals surface area contributed by atoms with E-state index < -0.39 is 5.97 Å². The second kappa shape index (κ2) is 6.84. The lowest BCUT2D eigenvalue weighted by atomic mass is 9.83. The van der Waals surface area contributed by atoms with Crippen molar-refractivity contribution in [3.8, 4) is 0 Å². The number of aryl methyl sites for hydroxylation is 1. The molecule has 0 amide bonds. The van der Waals surface area contributed by atoms with Crippen LogP contribution in [0.5, 0.6) is 0 Å². The molecular formula is C22H22N4O3. The fraction of sp³-hybridized carbons (Fsp3) is 0.273. The molecule has 4 rings (SSSR count). The third-order valence-electron chi connectivity index (χ3n) is 5.36. The lowest BCUT2D eigenvalue weighted by Crippen LogP contribution is -2.25. The number of hydrogen-bond acceptors (Lipinski definition) is 6. The van der Waals surface area contributed by atoms with E-state index in [9.17, 15) is 9.59 Å². The topological polar surface area (TPSA) is 76.8 Å². The first-order valence-electron chi connectivity index (χ1n) is 9.36. The van der Waals surface area contributed by atoms with Crippen LogP contribution in [0.2, 0.25) is 0 Å². The number of likely N-dealkylation sites (N-methyl/N-ethyl adjacent to an activating group) is 1. The Morgan fingerprint density at radius 3 is 2.72 bits per heavy atom. The highest BCUT2D eigenvalue weighted by Crippen LogP contribution is 2.46. The van der Waals surface area contributed by atoms with Gasteiger partial charge in [-0.2, -0.15) is 5.10 Å². The van der Waals surface area contributed by atoms with E-state index in [1.807, 2.05) is 30.1 Å². The molecule has 0 aliphatic carbocycles. The van der Waals surface area contributed by atoms with Gasteiger partial charge in [-0.05, 0) is 24.6 Å². The zero-order valence-electron chi connectivity index (χ0n) is 16.8. The molecule has 148 valence electrons. The fourth-order valence-corrected chi connectivity index (χ4v) is 3.90. The molecule has 3 aromatic rings. The third-order valence-corrected chi connectivity index (χ3v) is 5.36. The predicted molar refractivity (Wildman–Crippen MR) is 109 cm³/mol. The summed E-state index contributed by atoms with van der Waals surface area (Å²) in [5.74, 6) is -0.881. The zero-order chi connectivity index (χ0) is 20.8. The molecule has 0 bridgehead atoms. The van der Waals surface area contributed by atoms with Crippen molar-refractivity contribution < 1.29 is 14.3 Å². The van der Waals surface area contributed by atoms with Crippen molar-refractivity contribution in [1.29, 1.82) is 0 Å². The minimum Gasteiger partial charge on any atom is -0.454 e. The number of ketones is 1. The maximum atomic E-state index is 12.6. The van der Waals surface area contributed by atoms with Crippen LogP contribution in [0.4, 0.5) is 5.69 Å². The van der Waals surface area contributed by atoms with Gasteiger partial charge in [-0.25, -0.2) is 14.3 Å². The van der Waals surface area contributed by atoms with Crippen molar-refractivity contribution in [2.75, 3.05) is 18.6 Å². The summed E-state index contributed by atoms with van der Waals surface area (Å²) in [7, 11) is 1.94. The lowest BCUT2D eigenvalue weighted by molar-refractivity contribution is -0.117. The maximum Gasteiger partial charge on any atom is 0.344 e. The molecule has 7 nitrogen and oxygen atoms in total. The fourth-order valence-electron chi connectivity index (χ4n) is 3.90. The Balaban J connectivity index is 1.52. The van der Waals surface area contributed by atoms with Gasteiger partial charge in [-0.3, -0.25) is 4.79 Å². The molecule has 0 saturated carbocycles. The molecule has 0 unspecified atom stereocenters. The molecule has 1 aliphatic rings. The molecule has 0 saturated heterocycles. The van der Waals surface area contributed by atoms with Crippen molar-refractivity contribution in [3.05, 3.63) is 71.3 Å². The minimum absolute atomic E-state index is 0.275. The quantitative estimate of drug-likeness (QED) is 0.503. The van der Waals surface area contributed by atoms with Gasteiger partial charge in [0.1, 0.15) is 5.56 Å². The number of benzene rings is 1. The monoisotopic (exact) mass is 390 g/mol. The molecule has 1 aliphatic heterocycles. The average molecular weight is 390 g/mol. The van der Waals surface area contributed by atoms with Gasteiger partial charge in [0, 0.05) is 42.3 Å². The minimum atomic E-state index is -0.606. The van der Waals surface area contributed by atoms with E-state index >= 15 is 0 Å². The van der Waals surface area contributed by atoms with Crippen LogP contribution >= 0.6 is 0 Å². The SMILES string of the molecule is Cc1nn2cccnc2c1C(=O)OCC(=O)/C=C1/N(C)c2ccccc2C1(C)C. The molecule has 0 radical (unpaired) electrons. The van der Waals surface area contributed by atoms with Gasteiger partial charge in [-0.15, -0.1) is 0 Å². The van der Waals surface area contributed by atoms with E-state index in [1.165, 1.54) is 4.52 Å². The number of carbonyl (C=O) groups is 2. The Morgan fingerprint density at radius 2 is 1.97 bits per heavy atom. The highest BCUT2D eigenvalue weighted by Gasteiger charge is 2.38. The Kier molecular flexibility index (Phi) is 4.45. The van der Waals surface area contributed by atoms with E-state index in [0.29, 0.717) is 11.3 Å². The summed E-state index contributed by atoms with van der Waals surface area (Å²) in [6.45, 7) is 5.53. The second-order valence-electron chi connectivity index (χ2n) is 7.62. The number of esters is 1. The summed E-state index contributed by atoms with van der Waals surface area (Å²) in [4.78, 5) is 31.3. The van der Waals surface area contributed by atoms with Crippen LogP contribution in [0.25, 0.3) is 5.65 Å². The third kappa shape index (κ3) is 3.08. The summed E-state index contributed by atoms with van der Waals surface area (Å²) in [6.07, 6.45) is 4.85. The van der Waals surface area contributed by atoms with Gasteiger partial charge < -0.3 is 9.64 Å². The maximum absolute atomic E-state index is 12.6. The summed E-state index contributed by atoms with van der Waals surface area (Å²) < 4.78 is 6.80. The number of nitrogens with zero attached hydrogens (tertiary/aromatic N) is 4. The lowest BCUT2D eigenvalue weighted by Gasteiger charge is -2.23. The highest BCUT2D eigenvalue weighted by atomic mass is 16.5. The Morgan fingerprint density at radius 1 is 1.21 bits per heavy atom. The van der Waals surface area contributed by atoms with E-state index in [4.69, 9.17) is 4.74 Å². The highest BCUT2D eigenvalue weighted by molar-refractivity contribution is 6.00. The normalized spacial score (nSPS) is 16.3. The molecule has 29 heavy (non-hydrogen) atoms. The number of rotatable bonds is 4. The molecule has 0 atom stereocenters. The van der Waals surface area contributed by atoms with Crippen LogP contribution in [0, 0.1) is 6.92 Å². The van der Waals surface area contributed by atoms with Gasteiger partial charge in [0.2, 0.25) is 0 Å². The number of anilines is 1. The van der Waals surface area contributed by atoms with Crippen LogP contribution in [0.1, 0.15) is 35.5 Å². The number of carbonyl (C=O) groups excluding carboxylic acids is 2.